The SMILES string of the molecule is CCc1cc(N2CCc3cnc(CC)nc3C2)c2ccccc2n1. The second-order valence-electron chi connectivity index (χ2n) is 6.29. The lowest BCUT2D eigenvalue weighted by Gasteiger charge is -2.31. The molecule has 0 atom stereocenters. The maximum absolute atomic E-state index is 4.77. The fourth-order valence-electron chi connectivity index (χ4n) is 3.37. The van der Waals surface area contributed by atoms with Gasteiger partial charge in [0.25, 0.3) is 0 Å². The Morgan fingerprint density at radius 1 is 1.08 bits per heavy atom. The molecule has 1 aromatic carbocycles. The topological polar surface area (TPSA) is 41.9 Å². The molecule has 122 valence electrons. The van der Waals surface area contributed by atoms with Crippen LogP contribution >= 0.6 is 0 Å². The van der Waals surface area contributed by atoms with Gasteiger partial charge in [0.05, 0.1) is 17.8 Å². The van der Waals surface area contributed by atoms with E-state index in [1.54, 1.807) is 0 Å². The van der Waals surface area contributed by atoms with Crippen molar-refractivity contribution in [2.45, 2.75) is 39.7 Å². The van der Waals surface area contributed by atoms with Crippen LogP contribution in [0.1, 0.15) is 36.6 Å². The van der Waals surface area contributed by atoms with Gasteiger partial charge in [-0.3, -0.25) is 4.98 Å². The molecule has 4 nitrogen and oxygen atoms in total. The maximum Gasteiger partial charge on any atom is 0.128 e. The van der Waals surface area contributed by atoms with E-state index in [0.717, 1.165) is 49.4 Å². The second-order valence-corrected chi connectivity index (χ2v) is 6.29. The zero-order valence-electron chi connectivity index (χ0n) is 14.3. The molecule has 1 aliphatic rings. The minimum atomic E-state index is 0.849. The molecule has 3 heterocycles. The molecule has 3 aromatic rings. The van der Waals surface area contributed by atoms with E-state index in [4.69, 9.17) is 9.97 Å². The largest absolute Gasteiger partial charge is 0.365 e. The highest BCUT2D eigenvalue weighted by Gasteiger charge is 2.20. The molecule has 0 bridgehead atoms. The van der Waals surface area contributed by atoms with Crippen molar-refractivity contribution < 1.29 is 0 Å². The lowest BCUT2D eigenvalue weighted by molar-refractivity contribution is 0.694. The highest BCUT2D eigenvalue weighted by molar-refractivity contribution is 5.92. The molecule has 0 saturated carbocycles. The average Bonchev–Trinajstić information content (AvgIpc) is 2.66. The van der Waals surface area contributed by atoms with Gasteiger partial charge in [-0.25, -0.2) is 9.97 Å². The molecular weight excluding hydrogens is 296 g/mol. The quantitative estimate of drug-likeness (QED) is 0.738. The fourth-order valence-corrected chi connectivity index (χ4v) is 3.37. The van der Waals surface area contributed by atoms with E-state index in [2.05, 4.69) is 54.1 Å². The molecule has 4 rings (SSSR count). The van der Waals surface area contributed by atoms with E-state index >= 15 is 0 Å². The molecule has 0 saturated heterocycles. The van der Waals surface area contributed by atoms with Gasteiger partial charge in [-0.15, -0.1) is 0 Å². The number of pyridine rings is 1. The van der Waals surface area contributed by atoms with E-state index in [1.165, 1.54) is 22.3 Å². The number of aromatic nitrogens is 3. The van der Waals surface area contributed by atoms with Crippen molar-refractivity contribution in [3.8, 4) is 0 Å². The number of nitrogens with zero attached hydrogens (tertiary/aromatic N) is 4. The van der Waals surface area contributed by atoms with E-state index in [9.17, 15) is 0 Å². The number of hydrogen-bond acceptors (Lipinski definition) is 4. The van der Waals surface area contributed by atoms with Gasteiger partial charge < -0.3 is 4.90 Å². The smallest absolute Gasteiger partial charge is 0.128 e. The van der Waals surface area contributed by atoms with Crippen LogP contribution in [0.2, 0.25) is 0 Å². The van der Waals surface area contributed by atoms with Crippen LogP contribution in [0.3, 0.4) is 0 Å². The van der Waals surface area contributed by atoms with Crippen LogP contribution in [0.4, 0.5) is 5.69 Å². The second kappa shape index (κ2) is 6.19. The van der Waals surface area contributed by atoms with Gasteiger partial charge in [-0.2, -0.15) is 0 Å². The van der Waals surface area contributed by atoms with Crippen LogP contribution < -0.4 is 4.90 Å². The lowest BCUT2D eigenvalue weighted by Crippen LogP contribution is -2.32. The molecule has 0 unspecified atom stereocenters. The Bertz CT molecular complexity index is 888. The zero-order valence-corrected chi connectivity index (χ0v) is 14.3. The third kappa shape index (κ3) is 2.62. The van der Waals surface area contributed by atoms with Crippen molar-refractivity contribution in [1.82, 2.24) is 15.0 Å². The van der Waals surface area contributed by atoms with Crippen LogP contribution in [0, 0.1) is 0 Å². The summed E-state index contributed by atoms with van der Waals surface area (Å²) in [7, 11) is 0. The third-order valence-electron chi connectivity index (χ3n) is 4.76. The van der Waals surface area contributed by atoms with Crippen molar-refractivity contribution in [3.63, 3.8) is 0 Å². The molecule has 1 aliphatic heterocycles. The normalized spacial score (nSPS) is 14.0. The Hall–Kier alpha value is -2.49. The van der Waals surface area contributed by atoms with Crippen LogP contribution in [0.15, 0.2) is 36.5 Å². The van der Waals surface area contributed by atoms with Crippen LogP contribution in [-0.2, 0) is 25.8 Å². The molecule has 4 heteroatoms. The fraction of sp³-hybridized carbons (Fsp3) is 0.350. The minimum absolute atomic E-state index is 0.849. The summed E-state index contributed by atoms with van der Waals surface area (Å²) >= 11 is 0. The summed E-state index contributed by atoms with van der Waals surface area (Å²) in [4.78, 5) is 16.4. The number of hydrogen-bond donors (Lipinski definition) is 0. The molecule has 0 N–H and O–H groups in total. The van der Waals surface area contributed by atoms with Crippen LogP contribution in [-0.4, -0.2) is 21.5 Å². The standard InChI is InChI=1S/C20H22N4/c1-3-15-11-19(16-7-5-6-8-17(16)22-15)24-10-9-14-12-21-20(4-2)23-18(14)13-24/h5-8,11-12H,3-4,9-10,13H2,1-2H3. The van der Waals surface area contributed by atoms with Gasteiger partial charge in [0.15, 0.2) is 0 Å². The summed E-state index contributed by atoms with van der Waals surface area (Å²) in [5.74, 6) is 0.935. The van der Waals surface area contributed by atoms with Gasteiger partial charge in [-0.1, -0.05) is 32.0 Å². The predicted octanol–water partition coefficient (Wildman–Crippen LogP) is 3.71. The molecule has 0 spiro atoms. The van der Waals surface area contributed by atoms with Gasteiger partial charge in [0.1, 0.15) is 5.82 Å². The van der Waals surface area contributed by atoms with Crippen molar-refractivity contribution in [1.29, 1.82) is 0 Å². The third-order valence-corrected chi connectivity index (χ3v) is 4.76. The summed E-state index contributed by atoms with van der Waals surface area (Å²) in [6, 6.07) is 10.7. The van der Waals surface area contributed by atoms with E-state index < -0.39 is 0 Å². The van der Waals surface area contributed by atoms with Crippen LogP contribution in [0.25, 0.3) is 10.9 Å². The summed E-state index contributed by atoms with van der Waals surface area (Å²) in [5.41, 5.74) is 5.96. The summed E-state index contributed by atoms with van der Waals surface area (Å²) in [6.07, 6.45) is 4.84. The number of benzene rings is 1. The molecule has 0 fully saturated rings. The number of aryl methyl sites for hydroxylation is 2. The Balaban J connectivity index is 1.78. The Kier molecular flexibility index (Phi) is 3.89. The molecule has 0 amide bonds. The first-order valence-electron chi connectivity index (χ1n) is 8.75. The monoisotopic (exact) mass is 318 g/mol. The van der Waals surface area contributed by atoms with Gasteiger partial charge in [0.2, 0.25) is 0 Å². The molecular formula is C20H22N4. The van der Waals surface area contributed by atoms with Gasteiger partial charge >= 0.3 is 0 Å². The lowest BCUT2D eigenvalue weighted by atomic mass is 10.0. The first-order chi connectivity index (χ1) is 11.8. The summed E-state index contributed by atoms with van der Waals surface area (Å²) < 4.78 is 0. The van der Waals surface area contributed by atoms with Crippen molar-refractivity contribution >= 4 is 16.6 Å². The van der Waals surface area contributed by atoms with E-state index in [1.807, 2.05) is 6.20 Å². The highest BCUT2D eigenvalue weighted by atomic mass is 15.2. The average molecular weight is 318 g/mol. The highest BCUT2D eigenvalue weighted by Crippen LogP contribution is 2.30. The van der Waals surface area contributed by atoms with Crippen molar-refractivity contribution in [2.75, 3.05) is 11.4 Å². The summed E-state index contributed by atoms with van der Waals surface area (Å²) in [5, 5.41) is 1.22. The van der Waals surface area contributed by atoms with Crippen molar-refractivity contribution in [2.24, 2.45) is 0 Å². The Morgan fingerprint density at radius 3 is 2.79 bits per heavy atom. The van der Waals surface area contributed by atoms with Crippen molar-refractivity contribution in [3.05, 3.63) is 59.3 Å². The first-order valence-corrected chi connectivity index (χ1v) is 8.75. The molecule has 2 aromatic heterocycles. The first kappa shape index (κ1) is 15.1. The van der Waals surface area contributed by atoms with E-state index in [0.29, 0.717) is 0 Å². The Labute approximate surface area is 142 Å². The minimum Gasteiger partial charge on any atom is -0.365 e. The van der Waals surface area contributed by atoms with Gasteiger partial charge in [0, 0.05) is 35.9 Å². The van der Waals surface area contributed by atoms with E-state index in [-0.39, 0.29) is 0 Å². The predicted molar refractivity (Wildman–Crippen MR) is 97.3 cm³/mol. The number of anilines is 1. The maximum atomic E-state index is 4.77. The van der Waals surface area contributed by atoms with Crippen LogP contribution in [0.5, 0.6) is 0 Å². The number of rotatable bonds is 3. The van der Waals surface area contributed by atoms with Gasteiger partial charge in [-0.05, 0) is 30.5 Å². The number of fused-ring (bicyclic) bond motifs is 2. The molecule has 0 aliphatic carbocycles. The molecule has 24 heavy (non-hydrogen) atoms. The Morgan fingerprint density at radius 2 is 1.96 bits per heavy atom. The summed E-state index contributed by atoms with van der Waals surface area (Å²) in [6.45, 7) is 6.11. The molecule has 0 radical (unpaired) electrons. The number of para-hydroxylation sites is 1. The zero-order chi connectivity index (χ0) is 16.5.